The van der Waals surface area contributed by atoms with Gasteiger partial charge >= 0.3 is 18.0 Å². The first-order chi connectivity index (χ1) is 9.36. The Kier molecular flexibility index (Phi) is 8.48. The summed E-state index contributed by atoms with van der Waals surface area (Å²) in [4.78, 5) is 43.6. The van der Waals surface area contributed by atoms with Gasteiger partial charge in [0.15, 0.2) is 0 Å². The summed E-state index contributed by atoms with van der Waals surface area (Å²) in [5.74, 6) is -3.01. The summed E-state index contributed by atoms with van der Waals surface area (Å²) in [6.45, 7) is 2.48. The number of carboxylic acids is 2. The molecule has 0 rings (SSSR count). The lowest BCUT2D eigenvalue weighted by molar-refractivity contribution is -0.145. The Balaban J connectivity index is 3.99. The van der Waals surface area contributed by atoms with Crippen LogP contribution in [-0.4, -0.2) is 53.2 Å². The van der Waals surface area contributed by atoms with Crippen molar-refractivity contribution in [1.82, 2.24) is 16.0 Å². The summed E-state index contributed by atoms with van der Waals surface area (Å²) in [5, 5.41) is 24.1. The van der Waals surface area contributed by atoms with Crippen LogP contribution >= 0.6 is 0 Å². The zero-order valence-corrected chi connectivity index (χ0v) is 11.1. The van der Waals surface area contributed by atoms with Gasteiger partial charge in [0.1, 0.15) is 6.04 Å². The van der Waals surface area contributed by atoms with Gasteiger partial charge in [0.2, 0.25) is 5.91 Å². The first-order valence-electron chi connectivity index (χ1n) is 6.12. The highest BCUT2D eigenvalue weighted by molar-refractivity contribution is 5.86. The Morgan fingerprint density at radius 2 is 1.70 bits per heavy atom. The summed E-state index contributed by atoms with van der Waals surface area (Å²) in [6, 6.07) is -2.34. The van der Waals surface area contributed by atoms with E-state index in [1.54, 1.807) is 0 Å². The Hall–Kier alpha value is -2.32. The quantitative estimate of drug-likeness (QED) is 0.373. The lowest BCUT2D eigenvalue weighted by Crippen LogP contribution is -2.47. The van der Waals surface area contributed by atoms with E-state index < -0.39 is 30.4 Å². The van der Waals surface area contributed by atoms with E-state index >= 15 is 0 Å². The third-order valence-electron chi connectivity index (χ3n) is 2.19. The van der Waals surface area contributed by atoms with E-state index in [4.69, 9.17) is 10.2 Å². The number of hydrogen-bond acceptors (Lipinski definition) is 4. The van der Waals surface area contributed by atoms with Crippen LogP contribution in [0, 0.1) is 0 Å². The van der Waals surface area contributed by atoms with E-state index in [2.05, 4.69) is 10.6 Å². The van der Waals surface area contributed by atoms with E-state index in [1.165, 1.54) is 0 Å². The largest absolute Gasteiger partial charge is 0.481 e. The minimum absolute atomic E-state index is 0.0286. The molecule has 9 nitrogen and oxygen atoms in total. The van der Waals surface area contributed by atoms with Crippen molar-refractivity contribution in [2.75, 3.05) is 13.1 Å². The maximum atomic E-state index is 11.3. The molecule has 0 spiro atoms. The van der Waals surface area contributed by atoms with Gasteiger partial charge in [-0.25, -0.2) is 9.59 Å². The fraction of sp³-hybridized carbons (Fsp3) is 0.636. The third kappa shape index (κ3) is 8.72. The molecule has 5 N–H and O–H groups in total. The molecule has 0 heterocycles. The molecule has 0 saturated heterocycles. The van der Waals surface area contributed by atoms with E-state index in [9.17, 15) is 19.2 Å². The molecule has 0 radical (unpaired) electrons. The number of urea groups is 1. The third-order valence-corrected chi connectivity index (χ3v) is 2.19. The van der Waals surface area contributed by atoms with E-state index in [-0.39, 0.29) is 18.9 Å². The summed E-state index contributed by atoms with van der Waals surface area (Å²) in [5.41, 5.74) is 0. The molecule has 114 valence electrons. The highest BCUT2D eigenvalue weighted by Crippen LogP contribution is 1.92. The zero-order chi connectivity index (χ0) is 15.5. The van der Waals surface area contributed by atoms with Crippen molar-refractivity contribution in [3.05, 3.63) is 0 Å². The monoisotopic (exact) mass is 289 g/mol. The lowest BCUT2D eigenvalue weighted by atomic mass is 10.2. The Bertz CT molecular complexity index is 371. The average Bonchev–Trinajstić information content (AvgIpc) is 2.34. The van der Waals surface area contributed by atoms with Crippen molar-refractivity contribution in [3.8, 4) is 0 Å². The zero-order valence-electron chi connectivity index (χ0n) is 11.1. The van der Waals surface area contributed by atoms with Crippen molar-refractivity contribution in [2.45, 2.75) is 32.2 Å². The normalized spacial score (nSPS) is 11.2. The van der Waals surface area contributed by atoms with Crippen molar-refractivity contribution in [1.29, 1.82) is 0 Å². The molecule has 0 aromatic carbocycles. The predicted octanol–water partition coefficient (Wildman–Crippen LogP) is -0.870. The van der Waals surface area contributed by atoms with E-state index in [1.807, 2.05) is 12.2 Å². The van der Waals surface area contributed by atoms with Crippen molar-refractivity contribution < 1.29 is 29.4 Å². The van der Waals surface area contributed by atoms with Crippen molar-refractivity contribution in [3.63, 3.8) is 0 Å². The van der Waals surface area contributed by atoms with Crippen LogP contribution in [0.4, 0.5) is 4.79 Å². The number of rotatable bonds is 9. The highest BCUT2D eigenvalue weighted by atomic mass is 16.4. The molecular formula is C11H19N3O6. The molecule has 9 heteroatoms. The Morgan fingerprint density at radius 1 is 1.05 bits per heavy atom. The van der Waals surface area contributed by atoms with Gasteiger partial charge in [-0.2, -0.15) is 0 Å². The van der Waals surface area contributed by atoms with Crippen molar-refractivity contribution >= 4 is 23.9 Å². The molecule has 0 bridgehead atoms. The van der Waals surface area contributed by atoms with Gasteiger partial charge in [-0.1, -0.05) is 6.92 Å². The smallest absolute Gasteiger partial charge is 0.326 e. The Morgan fingerprint density at radius 3 is 2.20 bits per heavy atom. The molecule has 1 unspecified atom stereocenters. The molecular weight excluding hydrogens is 270 g/mol. The molecule has 3 amide bonds. The predicted molar refractivity (Wildman–Crippen MR) is 68.1 cm³/mol. The minimum atomic E-state index is -1.51. The first kappa shape index (κ1) is 17.7. The summed E-state index contributed by atoms with van der Waals surface area (Å²) >= 11 is 0. The number of aliphatic carboxylic acids is 2. The summed E-state index contributed by atoms with van der Waals surface area (Å²) in [6.07, 6.45) is 0.138. The number of carboxylic acid groups (broad SMARTS) is 2. The molecule has 0 aliphatic carbocycles. The number of nitrogens with one attached hydrogen (secondary N) is 3. The number of carbonyl (C=O) groups is 4. The van der Waals surface area contributed by atoms with Crippen molar-refractivity contribution in [2.24, 2.45) is 0 Å². The van der Waals surface area contributed by atoms with Gasteiger partial charge in [-0.05, 0) is 6.42 Å². The second-order valence-corrected chi connectivity index (χ2v) is 3.99. The highest BCUT2D eigenvalue weighted by Gasteiger charge is 2.22. The van der Waals surface area contributed by atoms with Crippen LogP contribution in [0.3, 0.4) is 0 Å². The van der Waals surface area contributed by atoms with Gasteiger partial charge in [0, 0.05) is 19.5 Å². The maximum Gasteiger partial charge on any atom is 0.326 e. The van der Waals surface area contributed by atoms with Gasteiger partial charge in [0.05, 0.1) is 6.42 Å². The second kappa shape index (κ2) is 9.59. The van der Waals surface area contributed by atoms with Crippen LogP contribution in [0.2, 0.25) is 0 Å². The van der Waals surface area contributed by atoms with Crippen LogP contribution in [0.15, 0.2) is 0 Å². The van der Waals surface area contributed by atoms with E-state index in [0.717, 1.165) is 6.42 Å². The molecule has 0 aliphatic rings. The number of hydrogen-bond donors (Lipinski definition) is 5. The SMILES string of the molecule is CCCNC(=O)CCNC(=O)NC(CC(=O)O)C(=O)O. The van der Waals surface area contributed by atoms with E-state index in [0.29, 0.717) is 6.54 Å². The number of amides is 3. The van der Waals surface area contributed by atoms with Gasteiger partial charge in [-0.3, -0.25) is 9.59 Å². The average molecular weight is 289 g/mol. The van der Waals surface area contributed by atoms with Gasteiger partial charge in [0.25, 0.3) is 0 Å². The summed E-state index contributed by atoms with van der Waals surface area (Å²) < 4.78 is 0. The van der Waals surface area contributed by atoms with Gasteiger partial charge < -0.3 is 26.2 Å². The molecule has 0 fully saturated rings. The molecule has 0 aliphatic heterocycles. The molecule has 0 aromatic rings. The minimum Gasteiger partial charge on any atom is -0.481 e. The van der Waals surface area contributed by atoms with Gasteiger partial charge in [-0.15, -0.1) is 0 Å². The fourth-order valence-corrected chi connectivity index (χ4v) is 1.23. The van der Waals surface area contributed by atoms with Crippen LogP contribution < -0.4 is 16.0 Å². The fourth-order valence-electron chi connectivity index (χ4n) is 1.23. The number of carbonyl (C=O) groups excluding carboxylic acids is 2. The lowest BCUT2D eigenvalue weighted by Gasteiger charge is -2.13. The maximum absolute atomic E-state index is 11.3. The molecule has 20 heavy (non-hydrogen) atoms. The first-order valence-corrected chi connectivity index (χ1v) is 6.12. The topological polar surface area (TPSA) is 145 Å². The molecule has 0 saturated carbocycles. The second-order valence-electron chi connectivity index (χ2n) is 3.99. The Labute approximate surface area is 115 Å². The standard InChI is InChI=1S/C11H19N3O6/c1-2-4-12-8(15)3-5-13-11(20)14-7(10(18)19)6-9(16)17/h7H,2-6H2,1H3,(H,12,15)(H,16,17)(H,18,19)(H2,13,14,20). The van der Waals surface area contributed by atoms with Crippen LogP contribution in [0.25, 0.3) is 0 Å². The summed E-state index contributed by atoms with van der Waals surface area (Å²) in [7, 11) is 0. The molecule has 0 aromatic heterocycles. The van der Waals surface area contributed by atoms with Crippen LogP contribution in [0.5, 0.6) is 0 Å². The molecule has 1 atom stereocenters. The van der Waals surface area contributed by atoms with Crippen LogP contribution in [-0.2, 0) is 14.4 Å². The van der Waals surface area contributed by atoms with Crippen LogP contribution in [0.1, 0.15) is 26.2 Å².